The van der Waals surface area contributed by atoms with Gasteiger partial charge in [-0.25, -0.2) is 4.98 Å². The maximum Gasteiger partial charge on any atom is 0.144 e. The van der Waals surface area contributed by atoms with Crippen LogP contribution in [-0.2, 0) is 0 Å². The number of aryl methyl sites for hydroxylation is 1. The summed E-state index contributed by atoms with van der Waals surface area (Å²) in [7, 11) is 0. The molecule has 1 heterocycles. The second kappa shape index (κ2) is 2.92. The molecule has 1 rings (SSSR count). The normalized spacial score (nSPS) is 9.90. The van der Waals surface area contributed by atoms with Gasteiger partial charge in [-0.15, -0.1) is 0 Å². The molecule has 10 heavy (non-hydrogen) atoms. The summed E-state index contributed by atoms with van der Waals surface area (Å²) < 4.78 is 0.936. The zero-order valence-corrected chi connectivity index (χ0v) is 8.27. The number of nitrogen functional groups attached to an aromatic ring is 1. The highest BCUT2D eigenvalue weighted by molar-refractivity contribution is 14.1. The molecule has 0 aromatic carbocycles. The largest absolute Gasteiger partial charge is 0.383 e. The van der Waals surface area contributed by atoms with Crippen molar-refractivity contribution in [2.75, 3.05) is 5.73 Å². The van der Waals surface area contributed by atoms with Gasteiger partial charge in [0.1, 0.15) is 11.0 Å². The van der Waals surface area contributed by atoms with E-state index in [2.05, 4.69) is 27.6 Å². The fraction of sp³-hybridized carbons (Fsp3) is 0.167. The summed E-state index contributed by atoms with van der Waals surface area (Å²) in [5, 5.41) is 0.476. The van der Waals surface area contributed by atoms with E-state index in [-0.39, 0.29) is 0 Å². The van der Waals surface area contributed by atoms with Crippen LogP contribution in [0.5, 0.6) is 0 Å². The Balaban J connectivity index is 3.28. The zero-order valence-electron chi connectivity index (χ0n) is 5.36. The molecular weight excluding hydrogens is 262 g/mol. The molecule has 0 unspecified atom stereocenters. The van der Waals surface area contributed by atoms with Gasteiger partial charge in [0.15, 0.2) is 0 Å². The third kappa shape index (κ3) is 1.52. The van der Waals surface area contributed by atoms with E-state index in [0.717, 1.165) is 9.13 Å². The highest BCUT2D eigenvalue weighted by atomic mass is 127. The van der Waals surface area contributed by atoms with Gasteiger partial charge in [0.2, 0.25) is 0 Å². The summed E-state index contributed by atoms with van der Waals surface area (Å²) in [5.74, 6) is 0.505. The molecule has 0 radical (unpaired) electrons. The van der Waals surface area contributed by atoms with Gasteiger partial charge in [0.05, 0.1) is 3.57 Å². The van der Waals surface area contributed by atoms with E-state index in [9.17, 15) is 0 Å². The molecular formula is C6H6ClIN2. The van der Waals surface area contributed by atoms with Crippen molar-refractivity contribution >= 4 is 40.0 Å². The summed E-state index contributed by atoms with van der Waals surface area (Å²) >= 11 is 7.80. The standard InChI is InChI=1S/C6H6ClIN2/c1-3-2-4(8)5(7)10-6(3)9/h2H,1H3,(H2,9,10). The van der Waals surface area contributed by atoms with E-state index in [1.807, 2.05) is 13.0 Å². The second-order valence-corrected chi connectivity index (χ2v) is 3.48. The van der Waals surface area contributed by atoms with E-state index in [1.165, 1.54) is 0 Å². The number of pyridine rings is 1. The quantitative estimate of drug-likeness (QED) is 0.579. The summed E-state index contributed by atoms with van der Waals surface area (Å²) in [6.07, 6.45) is 0. The zero-order chi connectivity index (χ0) is 7.72. The van der Waals surface area contributed by atoms with Crippen molar-refractivity contribution in [1.29, 1.82) is 0 Å². The maximum absolute atomic E-state index is 5.69. The predicted molar refractivity (Wildman–Crippen MR) is 51.1 cm³/mol. The Bertz CT molecular complexity index is 212. The number of nitrogens with zero attached hydrogens (tertiary/aromatic N) is 1. The Morgan fingerprint density at radius 2 is 2.30 bits per heavy atom. The predicted octanol–water partition coefficient (Wildman–Crippen LogP) is 2.23. The molecule has 1 aromatic heterocycles. The number of anilines is 1. The molecule has 0 bridgehead atoms. The topological polar surface area (TPSA) is 38.9 Å². The van der Waals surface area contributed by atoms with Gasteiger partial charge in [0, 0.05) is 0 Å². The molecule has 0 amide bonds. The maximum atomic E-state index is 5.69. The Morgan fingerprint density at radius 1 is 1.70 bits per heavy atom. The Hall–Kier alpha value is -0.0300. The first-order valence-electron chi connectivity index (χ1n) is 2.69. The molecule has 0 fully saturated rings. The third-order valence-corrected chi connectivity index (χ3v) is 2.59. The monoisotopic (exact) mass is 268 g/mol. The van der Waals surface area contributed by atoms with Crippen LogP contribution in [-0.4, -0.2) is 4.98 Å². The van der Waals surface area contributed by atoms with Gasteiger partial charge >= 0.3 is 0 Å². The van der Waals surface area contributed by atoms with Crippen molar-refractivity contribution in [3.05, 3.63) is 20.4 Å². The van der Waals surface area contributed by atoms with Crippen LogP contribution >= 0.6 is 34.2 Å². The average Bonchev–Trinajstić information content (AvgIpc) is 1.84. The van der Waals surface area contributed by atoms with Crippen LogP contribution in [0.15, 0.2) is 6.07 Å². The van der Waals surface area contributed by atoms with E-state index < -0.39 is 0 Å². The summed E-state index contributed by atoms with van der Waals surface area (Å²) in [4.78, 5) is 3.91. The summed E-state index contributed by atoms with van der Waals surface area (Å²) in [6.45, 7) is 1.90. The summed E-state index contributed by atoms with van der Waals surface area (Å²) in [5.41, 5.74) is 6.46. The number of nitrogens with two attached hydrogens (primary N) is 1. The highest BCUT2D eigenvalue weighted by Crippen LogP contribution is 2.19. The lowest BCUT2D eigenvalue weighted by Crippen LogP contribution is -1.95. The molecule has 0 saturated carbocycles. The minimum absolute atomic E-state index is 0.476. The van der Waals surface area contributed by atoms with E-state index in [0.29, 0.717) is 11.0 Å². The molecule has 4 heteroatoms. The number of aromatic nitrogens is 1. The number of hydrogen-bond acceptors (Lipinski definition) is 2. The van der Waals surface area contributed by atoms with Crippen molar-refractivity contribution in [2.45, 2.75) is 6.92 Å². The van der Waals surface area contributed by atoms with Crippen LogP contribution in [0.3, 0.4) is 0 Å². The molecule has 0 aliphatic heterocycles. The van der Waals surface area contributed by atoms with E-state index in [1.54, 1.807) is 0 Å². The smallest absolute Gasteiger partial charge is 0.144 e. The number of halogens is 2. The highest BCUT2D eigenvalue weighted by Gasteiger charge is 2.00. The van der Waals surface area contributed by atoms with Gasteiger partial charge in [-0.1, -0.05) is 11.6 Å². The van der Waals surface area contributed by atoms with Crippen LogP contribution in [0, 0.1) is 10.5 Å². The van der Waals surface area contributed by atoms with Crippen molar-refractivity contribution in [2.24, 2.45) is 0 Å². The molecule has 0 saturated heterocycles. The molecule has 1 aromatic rings. The molecule has 0 aliphatic carbocycles. The van der Waals surface area contributed by atoms with Crippen LogP contribution in [0.4, 0.5) is 5.82 Å². The first-order valence-corrected chi connectivity index (χ1v) is 4.15. The Morgan fingerprint density at radius 3 is 2.80 bits per heavy atom. The van der Waals surface area contributed by atoms with Crippen LogP contribution < -0.4 is 5.73 Å². The van der Waals surface area contributed by atoms with Gasteiger partial charge < -0.3 is 5.73 Å². The van der Waals surface area contributed by atoms with Crippen LogP contribution in [0.25, 0.3) is 0 Å². The third-order valence-electron chi connectivity index (χ3n) is 1.16. The van der Waals surface area contributed by atoms with E-state index >= 15 is 0 Å². The van der Waals surface area contributed by atoms with Crippen LogP contribution in [0.1, 0.15) is 5.56 Å². The Labute approximate surface area is 77.9 Å². The average molecular weight is 268 g/mol. The lowest BCUT2D eigenvalue weighted by Gasteiger charge is -1.99. The van der Waals surface area contributed by atoms with Gasteiger partial charge in [0.25, 0.3) is 0 Å². The number of rotatable bonds is 0. The van der Waals surface area contributed by atoms with Crippen molar-refractivity contribution in [3.8, 4) is 0 Å². The summed E-state index contributed by atoms with van der Waals surface area (Å²) in [6, 6.07) is 1.91. The Kier molecular flexibility index (Phi) is 2.36. The molecule has 54 valence electrons. The number of hydrogen-bond donors (Lipinski definition) is 1. The molecule has 0 atom stereocenters. The van der Waals surface area contributed by atoms with Crippen LogP contribution in [0.2, 0.25) is 5.15 Å². The first kappa shape index (κ1) is 8.07. The van der Waals surface area contributed by atoms with Gasteiger partial charge in [-0.3, -0.25) is 0 Å². The first-order chi connectivity index (χ1) is 4.61. The van der Waals surface area contributed by atoms with Crippen molar-refractivity contribution < 1.29 is 0 Å². The molecule has 0 aliphatic rings. The van der Waals surface area contributed by atoms with Crippen molar-refractivity contribution in [1.82, 2.24) is 4.98 Å². The lowest BCUT2D eigenvalue weighted by atomic mass is 10.3. The van der Waals surface area contributed by atoms with Crippen molar-refractivity contribution in [3.63, 3.8) is 0 Å². The second-order valence-electron chi connectivity index (χ2n) is 1.96. The molecule has 2 nitrogen and oxygen atoms in total. The minimum Gasteiger partial charge on any atom is -0.383 e. The molecule has 0 spiro atoms. The lowest BCUT2D eigenvalue weighted by molar-refractivity contribution is 1.26. The minimum atomic E-state index is 0.476. The van der Waals surface area contributed by atoms with Gasteiger partial charge in [-0.05, 0) is 41.1 Å². The fourth-order valence-corrected chi connectivity index (χ4v) is 1.30. The SMILES string of the molecule is Cc1cc(I)c(Cl)nc1N. The van der Waals surface area contributed by atoms with E-state index in [4.69, 9.17) is 17.3 Å². The molecule has 2 N–H and O–H groups in total. The van der Waals surface area contributed by atoms with Gasteiger partial charge in [-0.2, -0.15) is 0 Å². The fourth-order valence-electron chi connectivity index (χ4n) is 0.571.